The van der Waals surface area contributed by atoms with Crippen LogP contribution in [0.2, 0.25) is 0 Å². The summed E-state index contributed by atoms with van der Waals surface area (Å²) in [5.41, 5.74) is 8.12. The Balaban J connectivity index is 1.74. The summed E-state index contributed by atoms with van der Waals surface area (Å²) < 4.78 is 2.04. The Morgan fingerprint density at radius 1 is 1.26 bits per heavy atom. The van der Waals surface area contributed by atoms with Gasteiger partial charge >= 0.3 is 0 Å². The number of primary amides is 1. The molecule has 1 atom stereocenters. The lowest BCUT2D eigenvalue weighted by Gasteiger charge is -2.13. The average Bonchev–Trinajstić information content (AvgIpc) is 3.00. The highest BCUT2D eigenvalue weighted by molar-refractivity contribution is 8.00. The van der Waals surface area contributed by atoms with Crippen molar-refractivity contribution < 1.29 is 9.59 Å². The number of fused-ring (bicyclic) bond motifs is 1. The van der Waals surface area contributed by atoms with Gasteiger partial charge in [-0.2, -0.15) is 0 Å². The van der Waals surface area contributed by atoms with Crippen LogP contribution in [0.5, 0.6) is 0 Å². The molecule has 1 aromatic heterocycles. The minimum Gasteiger partial charge on any atom is -0.366 e. The van der Waals surface area contributed by atoms with E-state index < -0.39 is 5.91 Å². The van der Waals surface area contributed by atoms with Gasteiger partial charge in [-0.1, -0.05) is 30.0 Å². The van der Waals surface area contributed by atoms with Crippen molar-refractivity contribution in [2.75, 3.05) is 5.32 Å². The number of hydrogen-bond acceptors (Lipinski definition) is 4. The summed E-state index contributed by atoms with van der Waals surface area (Å²) in [5.74, 6) is -0.651. The fourth-order valence-electron chi connectivity index (χ4n) is 2.62. The molecule has 0 unspecified atom stereocenters. The number of benzene rings is 2. The summed E-state index contributed by atoms with van der Waals surface area (Å²) >= 11 is 1.39. The van der Waals surface area contributed by atoms with Gasteiger partial charge in [0.25, 0.3) is 0 Å². The first-order valence-electron chi connectivity index (χ1n) is 8.43. The van der Waals surface area contributed by atoms with Crippen LogP contribution in [0.1, 0.15) is 17.3 Å². The Morgan fingerprint density at radius 2 is 1.96 bits per heavy atom. The van der Waals surface area contributed by atoms with E-state index >= 15 is 0 Å². The molecule has 3 rings (SSSR count). The largest absolute Gasteiger partial charge is 0.366 e. The van der Waals surface area contributed by atoms with Crippen LogP contribution in [-0.2, 0) is 11.3 Å². The van der Waals surface area contributed by atoms with E-state index in [1.165, 1.54) is 11.8 Å². The molecule has 138 valence electrons. The fraction of sp³-hybridized carbons (Fsp3) is 0.150. The van der Waals surface area contributed by atoms with Crippen LogP contribution in [0.15, 0.2) is 66.3 Å². The Bertz CT molecular complexity index is 995. The number of allylic oxidation sites excluding steroid dienone is 1. The molecule has 0 fully saturated rings. The highest BCUT2D eigenvalue weighted by Gasteiger charge is 2.19. The van der Waals surface area contributed by atoms with E-state index in [0.29, 0.717) is 17.8 Å². The summed E-state index contributed by atoms with van der Waals surface area (Å²) in [4.78, 5) is 28.3. The number of carbonyl (C=O) groups excluding carboxylic acids is 2. The normalized spacial score (nSPS) is 11.9. The number of nitrogens with zero attached hydrogens (tertiary/aromatic N) is 2. The first kappa shape index (κ1) is 18.7. The SMILES string of the molecule is C=CCn1c(S[C@@H](C)C(=O)Nc2ccc(C(N)=O)cc2)nc2ccccc21. The van der Waals surface area contributed by atoms with Gasteiger partial charge in [0.05, 0.1) is 16.3 Å². The van der Waals surface area contributed by atoms with E-state index in [2.05, 4.69) is 16.9 Å². The molecule has 3 N–H and O–H groups in total. The van der Waals surface area contributed by atoms with Gasteiger partial charge in [-0.3, -0.25) is 9.59 Å². The van der Waals surface area contributed by atoms with Crippen molar-refractivity contribution in [2.45, 2.75) is 23.9 Å². The summed E-state index contributed by atoms with van der Waals surface area (Å²) in [7, 11) is 0. The summed E-state index contributed by atoms with van der Waals surface area (Å²) in [6.07, 6.45) is 1.81. The monoisotopic (exact) mass is 380 g/mol. The molecule has 0 aliphatic rings. The van der Waals surface area contributed by atoms with Gasteiger partial charge < -0.3 is 15.6 Å². The molecule has 1 heterocycles. The summed E-state index contributed by atoms with van der Waals surface area (Å²) in [6, 6.07) is 14.3. The van der Waals surface area contributed by atoms with Gasteiger partial charge in [-0.05, 0) is 43.3 Å². The number of carbonyl (C=O) groups is 2. The zero-order chi connectivity index (χ0) is 19.4. The topological polar surface area (TPSA) is 90.0 Å². The van der Waals surface area contributed by atoms with Crippen molar-refractivity contribution in [3.8, 4) is 0 Å². The number of rotatable bonds is 7. The second kappa shape index (κ2) is 8.09. The minimum atomic E-state index is -0.502. The average molecular weight is 380 g/mol. The number of thioether (sulfide) groups is 1. The molecular weight excluding hydrogens is 360 g/mol. The Labute approximate surface area is 161 Å². The lowest BCUT2D eigenvalue weighted by molar-refractivity contribution is -0.115. The zero-order valence-electron chi connectivity index (χ0n) is 14.9. The lowest BCUT2D eigenvalue weighted by atomic mass is 10.2. The number of nitrogens with two attached hydrogens (primary N) is 1. The predicted molar refractivity (Wildman–Crippen MR) is 109 cm³/mol. The van der Waals surface area contributed by atoms with Crippen molar-refractivity contribution in [3.63, 3.8) is 0 Å². The lowest BCUT2D eigenvalue weighted by Crippen LogP contribution is -2.23. The molecule has 0 radical (unpaired) electrons. The van der Waals surface area contributed by atoms with Gasteiger partial charge in [0.2, 0.25) is 11.8 Å². The van der Waals surface area contributed by atoms with Crippen molar-refractivity contribution in [3.05, 3.63) is 66.7 Å². The van der Waals surface area contributed by atoms with Crippen molar-refractivity contribution in [1.29, 1.82) is 0 Å². The number of imidazole rings is 1. The van der Waals surface area contributed by atoms with Crippen LogP contribution >= 0.6 is 11.8 Å². The Morgan fingerprint density at radius 3 is 2.63 bits per heavy atom. The molecule has 0 saturated heterocycles. The third-order valence-corrected chi connectivity index (χ3v) is 5.11. The molecule has 2 amide bonds. The molecule has 0 aliphatic heterocycles. The fourth-order valence-corrected chi connectivity index (χ4v) is 3.56. The molecule has 0 bridgehead atoms. The highest BCUT2D eigenvalue weighted by Crippen LogP contribution is 2.28. The van der Waals surface area contributed by atoms with E-state index in [1.807, 2.05) is 41.8 Å². The number of anilines is 1. The third kappa shape index (κ3) is 4.20. The quantitative estimate of drug-likeness (QED) is 0.485. The summed E-state index contributed by atoms with van der Waals surface area (Å²) in [5, 5.41) is 3.25. The summed E-state index contributed by atoms with van der Waals surface area (Å²) in [6.45, 7) is 6.25. The maximum absolute atomic E-state index is 12.5. The second-order valence-corrected chi connectivity index (χ2v) is 7.28. The second-order valence-electron chi connectivity index (χ2n) is 5.97. The van der Waals surface area contributed by atoms with Crippen molar-refractivity contribution >= 4 is 40.3 Å². The number of para-hydroxylation sites is 2. The van der Waals surface area contributed by atoms with E-state index in [9.17, 15) is 9.59 Å². The number of nitrogens with one attached hydrogen (secondary N) is 1. The molecule has 27 heavy (non-hydrogen) atoms. The van der Waals surface area contributed by atoms with Gasteiger partial charge in [0, 0.05) is 17.8 Å². The minimum absolute atomic E-state index is 0.149. The number of amides is 2. The first-order valence-corrected chi connectivity index (χ1v) is 9.31. The maximum Gasteiger partial charge on any atom is 0.248 e. The van der Waals surface area contributed by atoms with Crippen LogP contribution < -0.4 is 11.1 Å². The van der Waals surface area contributed by atoms with E-state index in [-0.39, 0.29) is 11.2 Å². The van der Waals surface area contributed by atoms with Crippen LogP contribution in [-0.4, -0.2) is 26.6 Å². The molecule has 7 heteroatoms. The van der Waals surface area contributed by atoms with Gasteiger partial charge in [-0.15, -0.1) is 6.58 Å². The Kier molecular flexibility index (Phi) is 5.61. The van der Waals surface area contributed by atoms with E-state index in [1.54, 1.807) is 24.3 Å². The predicted octanol–water partition coefficient (Wildman–Crippen LogP) is 3.44. The molecular formula is C20H20N4O2S. The third-order valence-electron chi connectivity index (χ3n) is 4.02. The molecule has 0 aliphatic carbocycles. The van der Waals surface area contributed by atoms with Crippen molar-refractivity contribution in [2.24, 2.45) is 5.73 Å². The standard InChI is InChI=1S/C20H20N4O2S/c1-3-12-24-17-7-5-4-6-16(17)23-20(24)27-13(2)19(26)22-15-10-8-14(9-11-15)18(21)25/h3-11,13H,1,12H2,2H3,(H2,21,25)(H,22,26)/t13-/m0/s1. The van der Waals surface area contributed by atoms with Crippen LogP contribution in [0.25, 0.3) is 11.0 Å². The molecule has 6 nitrogen and oxygen atoms in total. The Hall–Kier alpha value is -3.06. The van der Waals surface area contributed by atoms with E-state index in [4.69, 9.17) is 5.73 Å². The van der Waals surface area contributed by atoms with Crippen LogP contribution in [0, 0.1) is 0 Å². The molecule has 2 aromatic carbocycles. The smallest absolute Gasteiger partial charge is 0.248 e. The van der Waals surface area contributed by atoms with Gasteiger partial charge in [0.1, 0.15) is 0 Å². The van der Waals surface area contributed by atoms with Gasteiger partial charge in [0.15, 0.2) is 5.16 Å². The molecule has 3 aromatic rings. The zero-order valence-corrected chi connectivity index (χ0v) is 15.7. The number of aromatic nitrogens is 2. The van der Waals surface area contributed by atoms with Crippen molar-refractivity contribution in [1.82, 2.24) is 9.55 Å². The van der Waals surface area contributed by atoms with Gasteiger partial charge in [-0.25, -0.2) is 4.98 Å². The van der Waals surface area contributed by atoms with E-state index in [0.717, 1.165) is 16.2 Å². The first-order chi connectivity index (χ1) is 13.0. The van der Waals surface area contributed by atoms with Crippen LogP contribution in [0.3, 0.4) is 0 Å². The highest BCUT2D eigenvalue weighted by atomic mass is 32.2. The molecule has 0 saturated carbocycles. The van der Waals surface area contributed by atoms with Crippen LogP contribution in [0.4, 0.5) is 5.69 Å². The molecule has 0 spiro atoms. The number of hydrogen-bond donors (Lipinski definition) is 2. The maximum atomic E-state index is 12.5.